The molecule has 6 heterocycles. The van der Waals surface area contributed by atoms with E-state index in [0.29, 0.717) is 60.2 Å². The van der Waals surface area contributed by atoms with E-state index in [9.17, 15) is 37.7 Å². The van der Waals surface area contributed by atoms with E-state index in [1.165, 1.54) is 46.0 Å². The molecule has 4 amide bonds. The van der Waals surface area contributed by atoms with Crippen molar-refractivity contribution in [2.24, 2.45) is 5.41 Å². The van der Waals surface area contributed by atoms with Crippen molar-refractivity contribution in [1.82, 2.24) is 44.8 Å². The van der Waals surface area contributed by atoms with Gasteiger partial charge in [-0.3, -0.25) is 44.2 Å². The number of rotatable bonds is 21. The summed E-state index contributed by atoms with van der Waals surface area (Å²) in [6, 6.07) is 24.9. The lowest BCUT2D eigenvalue weighted by atomic mass is 9.72. The first-order chi connectivity index (χ1) is 41.9. The number of aryl methyl sites for hydroxylation is 1. The Hall–Kier alpha value is -8.91. The number of piperazine rings is 1. The summed E-state index contributed by atoms with van der Waals surface area (Å²) < 4.78 is 38.1. The number of carbonyl (C=O) groups is 4. The number of hydrogen-bond donors (Lipinski definition) is 4. The van der Waals surface area contributed by atoms with E-state index in [2.05, 4.69) is 83.3 Å². The molecule has 3 aromatic heterocycles. The fourth-order valence-electron chi connectivity index (χ4n) is 11.8. The highest BCUT2D eigenvalue weighted by Gasteiger charge is 2.40. The summed E-state index contributed by atoms with van der Waals surface area (Å²) in [5, 5.41) is 27.7. The van der Waals surface area contributed by atoms with Crippen LogP contribution in [0.1, 0.15) is 128 Å². The summed E-state index contributed by atoms with van der Waals surface area (Å²) in [7, 11) is -4.66. The minimum Gasteiger partial charge on any atom is -0.455 e. The number of H-pyrrole nitrogens is 1. The molecule has 1 unspecified atom stereocenters. The van der Waals surface area contributed by atoms with Gasteiger partial charge in [0.25, 0.3) is 27.5 Å². The maximum Gasteiger partial charge on any atom is 0.293 e. The first-order valence-electron chi connectivity index (χ1n) is 29.4. The minimum absolute atomic E-state index is 0.0432. The van der Waals surface area contributed by atoms with Gasteiger partial charge in [-0.25, -0.2) is 18.1 Å². The number of hydrogen-bond acceptors (Lipinski definition) is 15. The summed E-state index contributed by atoms with van der Waals surface area (Å²) in [4.78, 5) is 76.4. The van der Waals surface area contributed by atoms with Gasteiger partial charge in [-0.1, -0.05) is 85.5 Å². The predicted octanol–water partition coefficient (Wildman–Crippen LogP) is 10.2. The monoisotopic (exact) mass is 1210 g/mol. The maximum atomic E-state index is 14.1. The Morgan fingerprint density at radius 3 is 2.55 bits per heavy atom. The topological polar surface area (TPSA) is 260 Å². The normalized spacial score (nSPS) is 17.0. The molecule has 450 valence electrons. The number of nitro benzene ring substituents is 1. The number of aromatic nitrogens is 5. The van der Waals surface area contributed by atoms with Crippen molar-refractivity contribution >= 4 is 78.9 Å². The third-order valence-electron chi connectivity index (χ3n) is 16.6. The first-order valence-corrected chi connectivity index (χ1v) is 31.2. The SMILES string of the molecule is CC1(C)CCC(CN2CCN(c3ccc(C(=O)NS(=O)(=O)c4ccc(NCc5cn(CCCCCCCC#Cc6cccc7c6CN(C6CCC(=O)NC6=O)C7=O)nn5)c([N+](=O)[O-])c4)c(Oc4cnc5[nH]ccc5c4)c3)CC2)=C(c2ccc(Cl)cc2)C1. The summed E-state index contributed by atoms with van der Waals surface area (Å²) >= 11 is 6.27. The minimum atomic E-state index is -4.66. The number of allylic oxidation sites excluding steroid dienone is 1. The molecule has 1 aliphatic carbocycles. The molecule has 3 aliphatic heterocycles. The lowest BCUT2D eigenvalue weighted by Gasteiger charge is -2.39. The van der Waals surface area contributed by atoms with Gasteiger partial charge in [0.15, 0.2) is 0 Å². The molecule has 87 heavy (non-hydrogen) atoms. The van der Waals surface area contributed by atoms with Crippen molar-refractivity contribution < 1.29 is 37.3 Å². The van der Waals surface area contributed by atoms with Gasteiger partial charge in [-0.2, -0.15) is 0 Å². The molecule has 2 fully saturated rings. The number of carbonyl (C=O) groups excluding carboxylic acids is 4. The third-order valence-corrected chi connectivity index (χ3v) is 18.2. The number of aromatic amines is 1. The average Bonchev–Trinajstić information content (AvgIpc) is 2.18. The van der Waals surface area contributed by atoms with Gasteiger partial charge in [0.2, 0.25) is 11.8 Å². The lowest BCUT2D eigenvalue weighted by molar-refractivity contribution is -0.384. The number of nitrogens with one attached hydrogen (secondary N) is 4. The molecule has 23 heteroatoms. The van der Waals surface area contributed by atoms with Gasteiger partial charge >= 0.3 is 0 Å². The number of sulfonamides is 1. The molecule has 4 aromatic carbocycles. The van der Waals surface area contributed by atoms with E-state index >= 15 is 0 Å². The maximum absolute atomic E-state index is 14.1. The Morgan fingerprint density at radius 1 is 0.943 bits per heavy atom. The van der Waals surface area contributed by atoms with Crippen molar-refractivity contribution in [3.05, 3.63) is 164 Å². The molecule has 1 atom stereocenters. The predicted molar refractivity (Wildman–Crippen MR) is 329 cm³/mol. The van der Waals surface area contributed by atoms with E-state index in [0.717, 1.165) is 99.3 Å². The van der Waals surface area contributed by atoms with Crippen LogP contribution in [0.3, 0.4) is 0 Å². The molecule has 4 N–H and O–H groups in total. The van der Waals surface area contributed by atoms with Gasteiger partial charge in [0, 0.05) is 104 Å². The van der Waals surface area contributed by atoms with Crippen molar-refractivity contribution in [2.45, 2.75) is 115 Å². The highest BCUT2D eigenvalue weighted by Crippen LogP contribution is 2.44. The number of pyridine rings is 1. The molecule has 11 rings (SSSR count). The van der Waals surface area contributed by atoms with Gasteiger partial charge in [0.1, 0.15) is 34.6 Å². The Morgan fingerprint density at radius 2 is 1.75 bits per heavy atom. The molecular weight excluding hydrogens is 1150 g/mol. The van der Waals surface area contributed by atoms with Crippen LogP contribution in [0.4, 0.5) is 17.1 Å². The van der Waals surface area contributed by atoms with Crippen LogP contribution in [0.15, 0.2) is 120 Å². The number of ether oxygens (including phenoxy) is 1. The van der Waals surface area contributed by atoms with Crippen LogP contribution in [-0.2, 0) is 39.2 Å². The number of nitrogens with zero attached hydrogens (tertiary/aromatic N) is 8. The summed E-state index contributed by atoms with van der Waals surface area (Å²) in [5.74, 6) is 4.89. The Kier molecular flexibility index (Phi) is 17.9. The van der Waals surface area contributed by atoms with Gasteiger partial charge < -0.3 is 24.8 Å². The highest BCUT2D eigenvalue weighted by atomic mass is 35.5. The van der Waals surface area contributed by atoms with Crippen LogP contribution < -0.4 is 25.0 Å². The number of piperidine rings is 1. The van der Waals surface area contributed by atoms with Crippen LogP contribution in [0.5, 0.6) is 11.5 Å². The lowest BCUT2D eigenvalue weighted by Crippen LogP contribution is -2.52. The summed E-state index contributed by atoms with van der Waals surface area (Å²) in [6.45, 7) is 9.44. The van der Waals surface area contributed by atoms with E-state index in [4.69, 9.17) is 16.3 Å². The Balaban J connectivity index is 0.670. The second kappa shape index (κ2) is 26.0. The van der Waals surface area contributed by atoms with Crippen molar-refractivity contribution in [3.8, 4) is 23.3 Å². The van der Waals surface area contributed by atoms with Crippen LogP contribution in [0.25, 0.3) is 16.6 Å². The van der Waals surface area contributed by atoms with Crippen molar-refractivity contribution in [3.63, 3.8) is 0 Å². The molecule has 4 aliphatic rings. The van der Waals surface area contributed by atoms with Crippen LogP contribution >= 0.6 is 11.6 Å². The standard InChI is InChI=1S/C64H67ClN12O9S/c1-64(2)26-24-45(53(36-64)43-14-16-46(65)17-15-43)39-73-29-31-74(32-30-73)48-18-20-52(58(34-48)86-49-33-44-25-27-66-60(44)68-38-49)61(79)71-87(84,85)50-19-21-55(57(35-50)77(82)83)67-37-47-40-75(72-70-47)28-9-7-5-3-4-6-8-11-42-12-10-13-51-54(42)41-76(63(51)81)56-22-23-59(78)69-62(56)80/h10,12-21,25,27,33-35,38,40,56,67H,3-7,9,22-24,26,28-32,36-37,39,41H2,1-2H3,(H,66,68)(H,71,79)(H,69,78,80). The number of anilines is 2. The first kappa shape index (κ1) is 59.8. The second-order valence-electron chi connectivity index (χ2n) is 23.3. The van der Waals surface area contributed by atoms with E-state index in [-0.39, 0.29) is 53.7 Å². The number of nitro groups is 1. The van der Waals surface area contributed by atoms with Gasteiger partial charge in [-0.15, -0.1) is 5.10 Å². The summed E-state index contributed by atoms with van der Waals surface area (Å²) in [5.41, 5.74) is 7.75. The van der Waals surface area contributed by atoms with Crippen molar-refractivity contribution in [2.75, 3.05) is 42.9 Å². The Labute approximate surface area is 509 Å². The number of benzene rings is 4. The Bertz CT molecular complexity index is 4010. The third kappa shape index (κ3) is 14.2. The fourth-order valence-corrected chi connectivity index (χ4v) is 12.9. The molecular formula is C64H67ClN12O9S. The second-order valence-corrected chi connectivity index (χ2v) is 25.4. The number of halogens is 1. The number of imide groups is 1. The van der Waals surface area contributed by atoms with Gasteiger partial charge in [-0.05, 0) is 121 Å². The zero-order valence-corrected chi connectivity index (χ0v) is 50.0. The molecule has 2 saturated heterocycles. The van der Waals surface area contributed by atoms with Crippen LogP contribution in [0.2, 0.25) is 5.02 Å². The van der Waals surface area contributed by atoms with Crippen LogP contribution in [-0.4, -0.2) is 110 Å². The molecule has 0 saturated carbocycles. The fraction of sp³-hybridized carbons (Fsp3) is 0.359. The smallest absolute Gasteiger partial charge is 0.293 e. The quantitative estimate of drug-likeness (QED) is 0.0171. The highest BCUT2D eigenvalue weighted by molar-refractivity contribution is 7.90. The number of fused-ring (bicyclic) bond motifs is 2. The molecule has 0 spiro atoms. The average molecular weight is 1220 g/mol. The van der Waals surface area contributed by atoms with Gasteiger partial charge in [0.05, 0.1) is 34.3 Å². The number of unbranched alkanes of at least 4 members (excludes halogenated alkanes) is 5. The molecule has 21 nitrogen and oxygen atoms in total. The molecule has 0 radical (unpaired) electrons. The largest absolute Gasteiger partial charge is 0.455 e. The summed E-state index contributed by atoms with van der Waals surface area (Å²) in [6.07, 6.45) is 14.0. The molecule has 0 bridgehead atoms. The van der Waals surface area contributed by atoms with Crippen LogP contribution in [0, 0.1) is 27.4 Å². The molecule has 7 aromatic rings. The number of amides is 4. The van der Waals surface area contributed by atoms with E-state index in [1.807, 2.05) is 24.3 Å². The van der Waals surface area contributed by atoms with Crippen molar-refractivity contribution in [1.29, 1.82) is 0 Å². The van der Waals surface area contributed by atoms with E-state index in [1.54, 1.807) is 47.4 Å². The zero-order valence-electron chi connectivity index (χ0n) is 48.4. The zero-order chi connectivity index (χ0) is 60.8. The van der Waals surface area contributed by atoms with E-state index < -0.39 is 43.4 Å².